The molecule has 158 valence electrons. The fourth-order valence-electron chi connectivity index (χ4n) is 2.66. The number of hydrogen-bond acceptors (Lipinski definition) is 8. The number of anilines is 1. The maximum Gasteiger partial charge on any atom is 0.257 e. The second-order valence-corrected chi connectivity index (χ2v) is 11.2. The Labute approximate surface area is 179 Å². The van der Waals surface area contributed by atoms with Crippen LogP contribution in [-0.2, 0) is 14.8 Å². The average Bonchev–Trinajstić information content (AvgIpc) is 3.14. The van der Waals surface area contributed by atoms with Crippen LogP contribution in [0.5, 0.6) is 0 Å². The van der Waals surface area contributed by atoms with Gasteiger partial charge < -0.3 is 4.74 Å². The van der Waals surface area contributed by atoms with E-state index in [9.17, 15) is 13.2 Å². The van der Waals surface area contributed by atoms with Crippen LogP contribution in [-0.4, -0.2) is 60.9 Å². The molecule has 3 rings (SSSR count). The van der Waals surface area contributed by atoms with E-state index in [1.54, 1.807) is 24.8 Å². The average molecular weight is 457 g/mol. The van der Waals surface area contributed by atoms with Gasteiger partial charge in [-0.05, 0) is 30.5 Å². The van der Waals surface area contributed by atoms with E-state index in [0.29, 0.717) is 48.5 Å². The molecular formula is C18H24N4O4S3. The minimum Gasteiger partial charge on any atom is -0.379 e. The van der Waals surface area contributed by atoms with E-state index in [0.717, 1.165) is 10.1 Å². The number of amides is 1. The number of morpholine rings is 1. The van der Waals surface area contributed by atoms with Crippen molar-refractivity contribution in [2.75, 3.05) is 37.4 Å². The molecule has 1 fully saturated rings. The van der Waals surface area contributed by atoms with Crippen LogP contribution in [0.4, 0.5) is 5.13 Å². The molecule has 1 aromatic carbocycles. The Kier molecular flexibility index (Phi) is 7.28. The predicted molar refractivity (Wildman–Crippen MR) is 114 cm³/mol. The van der Waals surface area contributed by atoms with E-state index in [-0.39, 0.29) is 4.90 Å². The molecule has 0 radical (unpaired) electrons. The molecule has 1 aromatic heterocycles. The quantitative estimate of drug-likeness (QED) is 0.505. The lowest BCUT2D eigenvalue weighted by Gasteiger charge is -2.26. The summed E-state index contributed by atoms with van der Waals surface area (Å²) in [4.78, 5) is 12.9. The molecule has 1 amide bonds. The van der Waals surface area contributed by atoms with Gasteiger partial charge in [0, 0.05) is 24.4 Å². The lowest BCUT2D eigenvalue weighted by molar-refractivity contribution is 0.0730. The molecule has 0 bridgehead atoms. The molecule has 2 heterocycles. The third-order valence-corrected chi connectivity index (χ3v) is 8.52. The fraction of sp³-hybridized carbons (Fsp3) is 0.500. The Morgan fingerprint density at radius 1 is 1.31 bits per heavy atom. The maximum atomic E-state index is 12.9. The Morgan fingerprint density at radius 2 is 2.03 bits per heavy atom. The SMILES string of the molecule is Cc1ccc(S(=O)(=O)N2CCOCC2)cc1C(=O)Nc1nnc(SCC(C)C)s1. The first-order valence-electron chi connectivity index (χ1n) is 9.23. The lowest BCUT2D eigenvalue weighted by Crippen LogP contribution is -2.40. The highest BCUT2D eigenvalue weighted by molar-refractivity contribution is 8.01. The van der Waals surface area contributed by atoms with Crippen molar-refractivity contribution in [2.45, 2.75) is 30.0 Å². The van der Waals surface area contributed by atoms with Gasteiger partial charge in [-0.3, -0.25) is 10.1 Å². The molecule has 8 nitrogen and oxygen atoms in total. The van der Waals surface area contributed by atoms with E-state index in [4.69, 9.17) is 4.74 Å². The van der Waals surface area contributed by atoms with Crippen LogP contribution >= 0.6 is 23.1 Å². The van der Waals surface area contributed by atoms with Crippen molar-refractivity contribution in [3.63, 3.8) is 0 Å². The van der Waals surface area contributed by atoms with Crippen LogP contribution in [0.15, 0.2) is 27.4 Å². The van der Waals surface area contributed by atoms with Crippen LogP contribution in [0.2, 0.25) is 0 Å². The number of carbonyl (C=O) groups is 1. The van der Waals surface area contributed by atoms with E-state index in [1.807, 2.05) is 0 Å². The number of nitrogens with one attached hydrogen (secondary N) is 1. The molecule has 0 atom stereocenters. The van der Waals surface area contributed by atoms with Gasteiger partial charge >= 0.3 is 0 Å². The summed E-state index contributed by atoms with van der Waals surface area (Å²) in [7, 11) is -3.67. The first-order valence-corrected chi connectivity index (χ1v) is 12.5. The van der Waals surface area contributed by atoms with Crippen molar-refractivity contribution >= 4 is 44.2 Å². The largest absolute Gasteiger partial charge is 0.379 e. The number of sulfonamides is 1. The number of nitrogens with zero attached hydrogens (tertiary/aromatic N) is 3. The standard InChI is InChI=1S/C18H24N4O4S3/c1-12(2)11-27-18-21-20-17(28-18)19-16(23)15-10-14(5-4-13(15)3)29(24,25)22-6-8-26-9-7-22/h4-5,10,12H,6-9,11H2,1-3H3,(H,19,20,23). The highest BCUT2D eigenvalue weighted by atomic mass is 32.2. The van der Waals surface area contributed by atoms with Crippen molar-refractivity contribution in [1.82, 2.24) is 14.5 Å². The Bertz CT molecular complexity index is 969. The van der Waals surface area contributed by atoms with E-state index >= 15 is 0 Å². The van der Waals surface area contributed by atoms with Gasteiger partial charge in [-0.25, -0.2) is 8.42 Å². The van der Waals surface area contributed by atoms with Crippen molar-refractivity contribution in [3.8, 4) is 0 Å². The van der Waals surface area contributed by atoms with Gasteiger partial charge in [0.15, 0.2) is 4.34 Å². The third kappa shape index (κ3) is 5.54. The van der Waals surface area contributed by atoms with E-state index in [2.05, 4.69) is 29.4 Å². The molecule has 0 aliphatic carbocycles. The first kappa shape index (κ1) is 22.2. The van der Waals surface area contributed by atoms with E-state index in [1.165, 1.54) is 27.8 Å². The zero-order chi connectivity index (χ0) is 21.0. The maximum absolute atomic E-state index is 12.9. The van der Waals surface area contributed by atoms with Gasteiger partial charge in [0.25, 0.3) is 5.91 Å². The van der Waals surface area contributed by atoms with Gasteiger partial charge in [-0.15, -0.1) is 10.2 Å². The molecule has 0 saturated carbocycles. The van der Waals surface area contributed by atoms with Gasteiger partial charge in [0.05, 0.1) is 18.1 Å². The summed E-state index contributed by atoms with van der Waals surface area (Å²) in [5.74, 6) is 1.04. The van der Waals surface area contributed by atoms with Gasteiger partial charge in [-0.2, -0.15) is 4.31 Å². The van der Waals surface area contributed by atoms with Crippen molar-refractivity contribution < 1.29 is 17.9 Å². The van der Waals surface area contributed by atoms with Crippen molar-refractivity contribution in [1.29, 1.82) is 0 Å². The minimum absolute atomic E-state index is 0.0978. The van der Waals surface area contributed by atoms with Gasteiger partial charge in [0.1, 0.15) is 0 Å². The number of rotatable bonds is 7. The zero-order valence-electron chi connectivity index (χ0n) is 16.5. The smallest absolute Gasteiger partial charge is 0.257 e. The fourth-order valence-corrected chi connectivity index (χ4v) is 5.82. The number of aryl methyl sites for hydroxylation is 1. The molecule has 1 aliphatic heterocycles. The topological polar surface area (TPSA) is 101 Å². The Hall–Kier alpha value is -1.53. The predicted octanol–water partition coefficient (Wildman–Crippen LogP) is 2.87. The second-order valence-electron chi connectivity index (χ2n) is 7.03. The molecule has 1 aliphatic rings. The second kappa shape index (κ2) is 9.52. The molecule has 0 spiro atoms. The molecular weight excluding hydrogens is 432 g/mol. The van der Waals surface area contributed by atoms with Crippen LogP contribution in [0.1, 0.15) is 29.8 Å². The summed E-state index contributed by atoms with van der Waals surface area (Å²) < 4.78 is 33.1. The van der Waals surface area contributed by atoms with Crippen LogP contribution < -0.4 is 5.32 Å². The molecule has 0 unspecified atom stereocenters. The summed E-state index contributed by atoms with van der Waals surface area (Å²) in [6, 6.07) is 4.60. The monoisotopic (exact) mass is 456 g/mol. The molecule has 29 heavy (non-hydrogen) atoms. The minimum atomic E-state index is -3.67. The molecule has 11 heteroatoms. The highest BCUT2D eigenvalue weighted by Crippen LogP contribution is 2.28. The molecule has 2 aromatic rings. The number of ether oxygens (including phenoxy) is 1. The van der Waals surface area contributed by atoms with Crippen molar-refractivity contribution in [3.05, 3.63) is 29.3 Å². The summed E-state index contributed by atoms with van der Waals surface area (Å²) >= 11 is 2.90. The zero-order valence-corrected chi connectivity index (χ0v) is 19.0. The normalized spacial score (nSPS) is 15.6. The third-order valence-electron chi connectivity index (χ3n) is 4.23. The van der Waals surface area contributed by atoms with Gasteiger partial charge in [-0.1, -0.05) is 43.0 Å². The van der Waals surface area contributed by atoms with Gasteiger partial charge in [0.2, 0.25) is 15.2 Å². The molecule has 1 N–H and O–H groups in total. The van der Waals surface area contributed by atoms with Crippen LogP contribution in [0.25, 0.3) is 0 Å². The summed E-state index contributed by atoms with van der Waals surface area (Å²) in [5.41, 5.74) is 0.980. The van der Waals surface area contributed by atoms with Crippen molar-refractivity contribution in [2.24, 2.45) is 5.92 Å². The Morgan fingerprint density at radius 3 is 2.72 bits per heavy atom. The number of aromatic nitrogens is 2. The highest BCUT2D eigenvalue weighted by Gasteiger charge is 2.27. The number of benzene rings is 1. The number of thioether (sulfide) groups is 1. The lowest BCUT2D eigenvalue weighted by atomic mass is 10.1. The number of carbonyl (C=O) groups excluding carboxylic acids is 1. The molecule has 1 saturated heterocycles. The van der Waals surface area contributed by atoms with Crippen LogP contribution in [0, 0.1) is 12.8 Å². The summed E-state index contributed by atoms with van der Waals surface area (Å²) in [6.45, 7) is 7.36. The van der Waals surface area contributed by atoms with Crippen LogP contribution in [0.3, 0.4) is 0 Å². The Balaban J connectivity index is 1.76. The summed E-state index contributed by atoms with van der Waals surface area (Å²) in [6.07, 6.45) is 0. The van der Waals surface area contributed by atoms with E-state index < -0.39 is 15.9 Å². The summed E-state index contributed by atoms with van der Waals surface area (Å²) in [5, 5.41) is 11.2. The first-order chi connectivity index (χ1) is 13.8. The number of hydrogen-bond donors (Lipinski definition) is 1.